The fourth-order valence-corrected chi connectivity index (χ4v) is 3.83. The zero-order valence-corrected chi connectivity index (χ0v) is 16.9. The van der Waals surface area contributed by atoms with Gasteiger partial charge in [-0.1, -0.05) is 18.2 Å². The fourth-order valence-electron chi connectivity index (χ4n) is 3.83. The summed E-state index contributed by atoms with van der Waals surface area (Å²) in [4.78, 5) is 31.6. The monoisotopic (exact) mass is 384 g/mol. The third-order valence-corrected chi connectivity index (χ3v) is 5.29. The van der Waals surface area contributed by atoms with Gasteiger partial charge >= 0.3 is 11.9 Å². The van der Waals surface area contributed by atoms with Gasteiger partial charge in [0.05, 0.1) is 35.9 Å². The Morgan fingerprint density at radius 2 is 1.79 bits per heavy atom. The number of pyridine rings is 1. The summed E-state index contributed by atoms with van der Waals surface area (Å²) in [6, 6.07) is 7.85. The van der Waals surface area contributed by atoms with Gasteiger partial charge in [0.15, 0.2) is 0 Å². The molecule has 3 rings (SSSR count). The maximum atomic E-state index is 12.6. The van der Waals surface area contributed by atoms with Gasteiger partial charge in [-0.15, -0.1) is 0 Å². The summed E-state index contributed by atoms with van der Waals surface area (Å²) >= 11 is 0. The lowest BCUT2D eigenvalue weighted by Crippen LogP contribution is -2.37. The molecule has 0 atom stereocenters. The second-order valence-electron chi connectivity index (χ2n) is 7.10. The highest BCUT2D eigenvalue weighted by molar-refractivity contribution is 5.98. The van der Waals surface area contributed by atoms with Crippen LogP contribution in [-0.4, -0.2) is 48.1 Å². The molecule has 1 saturated heterocycles. The SMILES string of the molecule is CCOC(=O)c1c(CN2CCC(C(=O)OCC)CC2)nc2ccccc2c1C. The Morgan fingerprint density at radius 3 is 2.46 bits per heavy atom. The summed E-state index contributed by atoms with van der Waals surface area (Å²) in [6.45, 7) is 8.46. The van der Waals surface area contributed by atoms with Crippen molar-refractivity contribution in [1.82, 2.24) is 9.88 Å². The van der Waals surface area contributed by atoms with Gasteiger partial charge < -0.3 is 9.47 Å². The van der Waals surface area contributed by atoms with Crippen LogP contribution in [0.2, 0.25) is 0 Å². The highest BCUT2D eigenvalue weighted by Crippen LogP contribution is 2.26. The third-order valence-electron chi connectivity index (χ3n) is 5.29. The van der Waals surface area contributed by atoms with Crippen molar-refractivity contribution in [2.75, 3.05) is 26.3 Å². The second kappa shape index (κ2) is 9.15. The van der Waals surface area contributed by atoms with E-state index in [2.05, 4.69) is 4.90 Å². The van der Waals surface area contributed by atoms with E-state index >= 15 is 0 Å². The van der Waals surface area contributed by atoms with E-state index in [-0.39, 0.29) is 17.9 Å². The number of piperidine rings is 1. The molecule has 6 heteroatoms. The van der Waals surface area contributed by atoms with Gasteiger partial charge in [0.1, 0.15) is 0 Å². The van der Waals surface area contributed by atoms with Gasteiger partial charge in [-0.2, -0.15) is 0 Å². The zero-order valence-electron chi connectivity index (χ0n) is 16.9. The van der Waals surface area contributed by atoms with E-state index in [0.717, 1.165) is 48.1 Å². The van der Waals surface area contributed by atoms with Crippen LogP contribution in [0.3, 0.4) is 0 Å². The molecule has 0 aliphatic carbocycles. The molecule has 1 aliphatic heterocycles. The fraction of sp³-hybridized carbons (Fsp3) is 0.500. The smallest absolute Gasteiger partial charge is 0.340 e. The molecule has 1 fully saturated rings. The summed E-state index contributed by atoms with van der Waals surface area (Å²) in [5.74, 6) is -0.462. The minimum Gasteiger partial charge on any atom is -0.466 e. The molecule has 1 aromatic carbocycles. The van der Waals surface area contributed by atoms with Crippen molar-refractivity contribution in [2.45, 2.75) is 40.2 Å². The number of carbonyl (C=O) groups excluding carboxylic acids is 2. The molecular formula is C22H28N2O4. The molecule has 150 valence electrons. The van der Waals surface area contributed by atoms with Crippen LogP contribution in [-0.2, 0) is 20.8 Å². The first-order valence-corrected chi connectivity index (χ1v) is 9.99. The molecule has 1 aliphatic rings. The summed E-state index contributed by atoms with van der Waals surface area (Å²) in [7, 11) is 0. The minimum absolute atomic E-state index is 0.0352. The van der Waals surface area contributed by atoms with Crippen LogP contribution in [0.1, 0.15) is 48.3 Å². The molecule has 0 radical (unpaired) electrons. The number of ether oxygens (including phenoxy) is 2. The van der Waals surface area contributed by atoms with Gasteiger partial charge in [0, 0.05) is 11.9 Å². The number of hydrogen-bond acceptors (Lipinski definition) is 6. The Kier molecular flexibility index (Phi) is 6.62. The summed E-state index contributed by atoms with van der Waals surface area (Å²) < 4.78 is 10.4. The number of hydrogen-bond donors (Lipinski definition) is 0. The molecular weight excluding hydrogens is 356 g/mol. The molecule has 28 heavy (non-hydrogen) atoms. The first kappa shape index (κ1) is 20.3. The van der Waals surface area contributed by atoms with Crippen LogP contribution >= 0.6 is 0 Å². The number of para-hydroxylation sites is 1. The number of aromatic nitrogens is 1. The van der Waals surface area contributed by atoms with Gasteiger partial charge in [0.25, 0.3) is 0 Å². The molecule has 0 spiro atoms. The van der Waals surface area contributed by atoms with E-state index < -0.39 is 0 Å². The number of rotatable bonds is 6. The van der Waals surface area contributed by atoms with Gasteiger partial charge in [-0.25, -0.2) is 4.79 Å². The second-order valence-corrected chi connectivity index (χ2v) is 7.10. The van der Waals surface area contributed by atoms with Gasteiger partial charge in [0.2, 0.25) is 0 Å². The number of likely N-dealkylation sites (tertiary alicyclic amines) is 1. The van der Waals surface area contributed by atoms with Crippen LogP contribution in [0.15, 0.2) is 24.3 Å². The average molecular weight is 384 g/mol. The molecule has 0 amide bonds. The lowest BCUT2D eigenvalue weighted by Gasteiger charge is -2.31. The normalized spacial score (nSPS) is 15.5. The van der Waals surface area contributed by atoms with Crippen molar-refractivity contribution in [2.24, 2.45) is 5.92 Å². The molecule has 2 heterocycles. The predicted octanol–water partition coefficient (Wildman–Crippen LogP) is 3.50. The average Bonchev–Trinajstić information content (AvgIpc) is 2.69. The minimum atomic E-state index is -0.324. The molecule has 1 aromatic heterocycles. The van der Waals surface area contributed by atoms with Crippen molar-refractivity contribution >= 4 is 22.8 Å². The predicted molar refractivity (Wildman–Crippen MR) is 107 cm³/mol. The third kappa shape index (κ3) is 4.33. The van der Waals surface area contributed by atoms with E-state index in [1.165, 1.54) is 0 Å². The van der Waals surface area contributed by atoms with Crippen LogP contribution in [0.4, 0.5) is 0 Å². The molecule has 0 bridgehead atoms. The highest BCUT2D eigenvalue weighted by Gasteiger charge is 2.28. The van der Waals surface area contributed by atoms with E-state index in [1.807, 2.05) is 45.0 Å². The maximum absolute atomic E-state index is 12.6. The van der Waals surface area contributed by atoms with Crippen LogP contribution < -0.4 is 0 Å². The first-order chi connectivity index (χ1) is 13.5. The van der Waals surface area contributed by atoms with Crippen LogP contribution in [0.25, 0.3) is 10.9 Å². The summed E-state index contributed by atoms with van der Waals surface area (Å²) in [6.07, 6.45) is 1.53. The summed E-state index contributed by atoms with van der Waals surface area (Å²) in [5.41, 5.74) is 3.09. The standard InChI is InChI=1S/C22H28N2O4/c1-4-27-21(25)16-10-12-24(13-11-16)14-19-20(22(26)28-5-2)15(3)17-8-6-7-9-18(17)23-19/h6-9,16H,4-5,10-14H2,1-3H3. The van der Waals surface area contributed by atoms with E-state index in [9.17, 15) is 9.59 Å². The highest BCUT2D eigenvalue weighted by atomic mass is 16.5. The molecule has 2 aromatic rings. The van der Waals surface area contributed by atoms with Crippen molar-refractivity contribution in [3.63, 3.8) is 0 Å². The maximum Gasteiger partial charge on any atom is 0.340 e. The van der Waals surface area contributed by atoms with Gasteiger partial charge in [-0.05, 0) is 58.3 Å². The number of nitrogens with zero attached hydrogens (tertiary/aromatic N) is 2. The Labute approximate surface area is 165 Å². The Bertz CT molecular complexity index is 857. The van der Waals surface area contributed by atoms with Crippen molar-refractivity contribution < 1.29 is 19.1 Å². The Balaban J connectivity index is 1.83. The molecule has 0 saturated carbocycles. The van der Waals surface area contributed by atoms with E-state index in [4.69, 9.17) is 14.5 Å². The van der Waals surface area contributed by atoms with Crippen LogP contribution in [0.5, 0.6) is 0 Å². The zero-order chi connectivity index (χ0) is 20.1. The van der Waals surface area contributed by atoms with E-state index in [1.54, 1.807) is 0 Å². The number of aryl methyl sites for hydroxylation is 1. The van der Waals surface area contributed by atoms with Crippen molar-refractivity contribution in [3.8, 4) is 0 Å². The molecule has 0 unspecified atom stereocenters. The van der Waals surface area contributed by atoms with Crippen LogP contribution in [0, 0.1) is 12.8 Å². The Morgan fingerprint density at radius 1 is 1.11 bits per heavy atom. The largest absolute Gasteiger partial charge is 0.466 e. The quantitative estimate of drug-likeness (QED) is 0.710. The summed E-state index contributed by atoms with van der Waals surface area (Å²) in [5, 5.41) is 0.968. The molecule has 6 nitrogen and oxygen atoms in total. The Hall–Kier alpha value is -2.47. The lowest BCUT2D eigenvalue weighted by molar-refractivity contribution is -0.149. The topological polar surface area (TPSA) is 68.7 Å². The first-order valence-electron chi connectivity index (χ1n) is 9.99. The van der Waals surface area contributed by atoms with E-state index in [0.29, 0.717) is 25.3 Å². The molecule has 0 N–H and O–H groups in total. The van der Waals surface area contributed by atoms with Crippen molar-refractivity contribution in [3.05, 3.63) is 41.1 Å². The lowest BCUT2D eigenvalue weighted by atomic mass is 9.96. The number of fused-ring (bicyclic) bond motifs is 1. The van der Waals surface area contributed by atoms with Gasteiger partial charge in [-0.3, -0.25) is 14.7 Å². The number of carbonyl (C=O) groups is 2. The van der Waals surface area contributed by atoms with Crippen molar-refractivity contribution in [1.29, 1.82) is 0 Å². The number of benzene rings is 1. The number of esters is 2.